The van der Waals surface area contributed by atoms with E-state index in [0.29, 0.717) is 57.4 Å². The molecule has 0 saturated carbocycles. The van der Waals surface area contributed by atoms with Crippen molar-refractivity contribution in [3.05, 3.63) is 97.2 Å². The molecule has 1 aromatic heterocycles. The summed E-state index contributed by atoms with van der Waals surface area (Å²) in [6, 6.07) is 15.0. The van der Waals surface area contributed by atoms with Gasteiger partial charge in [0.15, 0.2) is 11.5 Å². The third-order valence-corrected chi connectivity index (χ3v) is 6.05. The van der Waals surface area contributed by atoms with Crippen LogP contribution in [0.5, 0.6) is 11.5 Å². The fourth-order valence-corrected chi connectivity index (χ4v) is 4.31. The molecule has 0 radical (unpaired) electrons. The molecule has 186 valence electrons. The third kappa shape index (κ3) is 5.94. The van der Waals surface area contributed by atoms with E-state index in [1.807, 2.05) is 26.0 Å². The van der Waals surface area contributed by atoms with E-state index in [9.17, 15) is 9.18 Å². The van der Waals surface area contributed by atoms with Crippen LogP contribution >= 0.6 is 27.5 Å². The van der Waals surface area contributed by atoms with Crippen molar-refractivity contribution in [3.8, 4) is 11.5 Å². The van der Waals surface area contributed by atoms with Gasteiger partial charge in [-0.1, -0.05) is 46.6 Å². The van der Waals surface area contributed by atoms with Gasteiger partial charge in [0.1, 0.15) is 18.2 Å². The second-order valence-corrected chi connectivity index (χ2v) is 9.31. The molecule has 0 atom stereocenters. The van der Waals surface area contributed by atoms with Crippen molar-refractivity contribution in [2.45, 2.75) is 33.3 Å². The van der Waals surface area contributed by atoms with Crippen molar-refractivity contribution >= 4 is 44.6 Å². The molecule has 0 aliphatic rings. The molecule has 4 rings (SSSR count). The first kappa shape index (κ1) is 25.9. The number of ether oxygens (including phenoxy) is 2. The highest BCUT2D eigenvalue weighted by molar-refractivity contribution is 9.10. The summed E-state index contributed by atoms with van der Waals surface area (Å²) in [6.07, 6.45) is 2.94. The maximum atomic E-state index is 13.5. The van der Waals surface area contributed by atoms with E-state index in [1.165, 1.54) is 23.0 Å². The van der Waals surface area contributed by atoms with Gasteiger partial charge in [-0.3, -0.25) is 4.79 Å². The van der Waals surface area contributed by atoms with Gasteiger partial charge < -0.3 is 9.47 Å². The summed E-state index contributed by atoms with van der Waals surface area (Å²) in [6.45, 7) is 4.37. The average Bonchev–Trinajstić information content (AvgIpc) is 2.84. The largest absolute Gasteiger partial charge is 0.490 e. The normalized spacial score (nSPS) is 11.4. The van der Waals surface area contributed by atoms with Gasteiger partial charge in [-0.15, -0.1) is 0 Å². The molecular weight excluding hydrogens is 549 g/mol. The quantitative estimate of drug-likeness (QED) is 0.208. The lowest BCUT2D eigenvalue weighted by molar-refractivity contribution is 0.269. The zero-order valence-electron chi connectivity index (χ0n) is 19.8. The Bertz CT molecular complexity index is 1490. The zero-order chi connectivity index (χ0) is 25.7. The molecule has 4 aromatic rings. The fraction of sp³-hybridized carbons (Fsp3) is 0.222. The van der Waals surface area contributed by atoms with Gasteiger partial charge in [-0.2, -0.15) is 9.78 Å². The van der Waals surface area contributed by atoms with E-state index in [-0.39, 0.29) is 18.0 Å². The number of hydrogen-bond donors (Lipinski definition) is 0. The van der Waals surface area contributed by atoms with E-state index >= 15 is 0 Å². The minimum absolute atomic E-state index is 0.124. The van der Waals surface area contributed by atoms with Crippen LogP contribution in [0, 0.1) is 5.82 Å². The number of nitrogens with zero attached hydrogens (tertiary/aromatic N) is 3. The summed E-state index contributed by atoms with van der Waals surface area (Å²) >= 11 is 9.94. The van der Waals surface area contributed by atoms with Crippen LogP contribution in [0.1, 0.15) is 37.2 Å². The van der Waals surface area contributed by atoms with Gasteiger partial charge in [-0.25, -0.2) is 9.37 Å². The molecule has 0 fully saturated rings. The second kappa shape index (κ2) is 11.7. The number of aromatic nitrogens is 2. The molecule has 0 bridgehead atoms. The number of aryl methyl sites for hydroxylation is 1. The molecule has 0 unspecified atom stereocenters. The Balaban J connectivity index is 1.69. The van der Waals surface area contributed by atoms with Gasteiger partial charge in [0.25, 0.3) is 5.56 Å². The van der Waals surface area contributed by atoms with Crippen molar-refractivity contribution in [1.82, 2.24) is 9.66 Å². The van der Waals surface area contributed by atoms with Crippen molar-refractivity contribution in [3.63, 3.8) is 0 Å². The Morgan fingerprint density at radius 1 is 1.14 bits per heavy atom. The molecular formula is C27H24BrClFN3O3. The smallest absolute Gasteiger partial charge is 0.282 e. The van der Waals surface area contributed by atoms with Crippen LogP contribution in [-0.4, -0.2) is 22.5 Å². The zero-order valence-corrected chi connectivity index (χ0v) is 22.1. The minimum Gasteiger partial charge on any atom is -0.490 e. The van der Waals surface area contributed by atoms with Crippen LogP contribution in [0.15, 0.2) is 69.0 Å². The summed E-state index contributed by atoms with van der Waals surface area (Å²) in [5, 5.41) is 5.23. The third-order valence-electron chi connectivity index (χ3n) is 5.28. The van der Waals surface area contributed by atoms with Crippen LogP contribution in [0.4, 0.5) is 4.39 Å². The molecule has 3 aromatic carbocycles. The average molecular weight is 573 g/mol. The molecule has 36 heavy (non-hydrogen) atoms. The molecule has 0 aliphatic carbocycles. The topological polar surface area (TPSA) is 65.7 Å². The Morgan fingerprint density at radius 3 is 2.72 bits per heavy atom. The number of rotatable bonds is 9. The highest BCUT2D eigenvalue weighted by Crippen LogP contribution is 2.37. The van der Waals surface area contributed by atoms with E-state index in [2.05, 4.69) is 26.0 Å². The van der Waals surface area contributed by atoms with Gasteiger partial charge in [0, 0.05) is 10.9 Å². The van der Waals surface area contributed by atoms with Crippen molar-refractivity contribution in [2.24, 2.45) is 5.10 Å². The fourth-order valence-electron chi connectivity index (χ4n) is 3.67. The summed E-state index contributed by atoms with van der Waals surface area (Å²) in [7, 11) is 0. The van der Waals surface area contributed by atoms with Crippen molar-refractivity contribution in [1.29, 1.82) is 0 Å². The molecule has 0 saturated heterocycles. The van der Waals surface area contributed by atoms with Gasteiger partial charge in [-0.05, 0) is 66.9 Å². The number of benzene rings is 3. The van der Waals surface area contributed by atoms with Crippen molar-refractivity contribution in [2.75, 3.05) is 6.61 Å². The van der Waals surface area contributed by atoms with Crippen LogP contribution in [0.25, 0.3) is 10.9 Å². The highest BCUT2D eigenvalue weighted by Gasteiger charge is 2.14. The van der Waals surface area contributed by atoms with Gasteiger partial charge in [0.05, 0.1) is 28.7 Å². The predicted molar refractivity (Wildman–Crippen MR) is 144 cm³/mol. The first-order valence-corrected chi connectivity index (χ1v) is 12.7. The first-order chi connectivity index (χ1) is 17.4. The lowest BCUT2D eigenvalue weighted by atomic mass is 10.2. The molecule has 0 N–H and O–H groups in total. The summed E-state index contributed by atoms with van der Waals surface area (Å²) in [4.78, 5) is 17.9. The van der Waals surface area contributed by atoms with E-state index in [1.54, 1.807) is 30.3 Å². The van der Waals surface area contributed by atoms with E-state index in [4.69, 9.17) is 21.1 Å². The molecule has 0 amide bonds. The summed E-state index contributed by atoms with van der Waals surface area (Å²) in [5.74, 6) is 0.997. The van der Waals surface area contributed by atoms with E-state index in [0.717, 1.165) is 10.9 Å². The Hall–Kier alpha value is -3.23. The minimum atomic E-state index is -0.341. The standard InChI is InChI=1S/C27H24BrClFN3O3/c1-3-6-25-32-23-10-9-19(28)14-21(23)27(34)33(25)31-15-18-12-22(29)26(24(13-18)35-4-2)36-16-17-7-5-8-20(30)11-17/h5,7-15H,3-4,6,16H2,1-2H3. The Kier molecular flexibility index (Phi) is 8.38. The monoisotopic (exact) mass is 571 g/mol. The Morgan fingerprint density at radius 2 is 1.97 bits per heavy atom. The number of halogens is 3. The molecule has 0 aliphatic heterocycles. The van der Waals surface area contributed by atoms with Crippen LogP contribution < -0.4 is 15.0 Å². The SMILES string of the molecule is CCCc1nc2ccc(Br)cc2c(=O)n1N=Cc1cc(Cl)c(OCc2cccc(F)c2)c(OCC)c1. The summed E-state index contributed by atoms with van der Waals surface area (Å²) < 4.78 is 27.2. The molecule has 1 heterocycles. The first-order valence-electron chi connectivity index (χ1n) is 11.5. The number of hydrogen-bond acceptors (Lipinski definition) is 5. The lowest BCUT2D eigenvalue weighted by Crippen LogP contribution is -2.22. The highest BCUT2D eigenvalue weighted by atomic mass is 79.9. The van der Waals surface area contributed by atoms with Crippen LogP contribution in [0.2, 0.25) is 5.02 Å². The molecule has 0 spiro atoms. The maximum Gasteiger partial charge on any atom is 0.282 e. The molecule has 9 heteroatoms. The lowest BCUT2D eigenvalue weighted by Gasteiger charge is -2.14. The van der Waals surface area contributed by atoms with Gasteiger partial charge >= 0.3 is 0 Å². The van der Waals surface area contributed by atoms with Crippen LogP contribution in [-0.2, 0) is 13.0 Å². The van der Waals surface area contributed by atoms with Gasteiger partial charge in [0.2, 0.25) is 0 Å². The van der Waals surface area contributed by atoms with Crippen molar-refractivity contribution < 1.29 is 13.9 Å². The Labute approximate surface area is 221 Å². The summed E-state index contributed by atoms with van der Waals surface area (Å²) in [5.41, 5.74) is 1.65. The maximum absolute atomic E-state index is 13.5. The second-order valence-electron chi connectivity index (χ2n) is 7.98. The molecule has 6 nitrogen and oxygen atoms in total. The van der Waals surface area contributed by atoms with E-state index < -0.39 is 0 Å². The van der Waals surface area contributed by atoms with Crippen LogP contribution in [0.3, 0.4) is 0 Å². The predicted octanol–water partition coefficient (Wildman–Crippen LogP) is 6.76. The number of fused-ring (bicyclic) bond motifs is 1.